The number of hydrogen-bond donors (Lipinski definition) is 0. The molecule has 1 aliphatic rings. The molecule has 1 fully saturated rings. The van der Waals surface area contributed by atoms with Crippen LogP contribution in [-0.2, 0) is 0 Å². The smallest absolute Gasteiger partial charge is 0.323 e. The van der Waals surface area contributed by atoms with Gasteiger partial charge in [0.2, 0.25) is 11.2 Å². The summed E-state index contributed by atoms with van der Waals surface area (Å²) in [6, 6.07) is 10.2. The molecule has 0 saturated carbocycles. The SMILES string of the molecule is CC(Oc1nc(Cl)nc(N2CCCC2)n1)c1ccccc1. The number of rotatable bonds is 4. The highest BCUT2D eigenvalue weighted by Crippen LogP contribution is 2.23. The van der Waals surface area contributed by atoms with Crippen molar-refractivity contribution in [3.8, 4) is 6.01 Å². The minimum Gasteiger partial charge on any atom is -0.455 e. The summed E-state index contributed by atoms with van der Waals surface area (Å²) in [5, 5.41) is 0.169. The van der Waals surface area contributed by atoms with Gasteiger partial charge in [0, 0.05) is 13.1 Å². The summed E-state index contributed by atoms with van der Waals surface area (Å²) in [5.74, 6) is 0.600. The van der Waals surface area contributed by atoms with Gasteiger partial charge in [0.1, 0.15) is 6.10 Å². The van der Waals surface area contributed by atoms with Gasteiger partial charge in [0.05, 0.1) is 0 Å². The van der Waals surface area contributed by atoms with E-state index in [9.17, 15) is 0 Å². The van der Waals surface area contributed by atoms with Gasteiger partial charge in [0.25, 0.3) is 0 Å². The number of benzene rings is 1. The number of halogens is 1. The van der Waals surface area contributed by atoms with Gasteiger partial charge in [-0.05, 0) is 36.9 Å². The first-order valence-electron chi connectivity index (χ1n) is 7.10. The predicted octanol–water partition coefficient (Wildman–Crippen LogP) is 3.27. The molecule has 110 valence electrons. The predicted molar refractivity (Wildman–Crippen MR) is 81.8 cm³/mol. The van der Waals surface area contributed by atoms with Crippen LogP contribution in [0.5, 0.6) is 6.01 Å². The maximum atomic E-state index is 5.99. The Balaban J connectivity index is 1.78. The van der Waals surface area contributed by atoms with Gasteiger partial charge < -0.3 is 9.64 Å². The molecule has 0 bridgehead atoms. The van der Waals surface area contributed by atoms with Gasteiger partial charge in [-0.15, -0.1) is 0 Å². The van der Waals surface area contributed by atoms with E-state index in [0.717, 1.165) is 31.5 Å². The van der Waals surface area contributed by atoms with Crippen molar-refractivity contribution in [2.45, 2.75) is 25.9 Å². The highest BCUT2D eigenvalue weighted by atomic mass is 35.5. The molecule has 1 aliphatic heterocycles. The standard InChI is InChI=1S/C15H17ClN4O/c1-11(12-7-3-2-4-8-12)21-15-18-13(16)17-14(19-15)20-9-5-6-10-20/h2-4,7-8,11H,5-6,9-10H2,1H3. The van der Waals surface area contributed by atoms with E-state index in [1.807, 2.05) is 37.3 Å². The molecule has 1 unspecified atom stereocenters. The fraction of sp³-hybridized carbons (Fsp3) is 0.400. The van der Waals surface area contributed by atoms with Gasteiger partial charge in [0.15, 0.2) is 0 Å². The number of nitrogens with zero attached hydrogens (tertiary/aromatic N) is 4. The molecule has 6 heteroatoms. The van der Waals surface area contributed by atoms with Crippen molar-refractivity contribution in [1.29, 1.82) is 0 Å². The molecule has 0 amide bonds. The third-order valence-electron chi connectivity index (χ3n) is 3.52. The molecule has 5 nitrogen and oxygen atoms in total. The summed E-state index contributed by atoms with van der Waals surface area (Å²) in [5.41, 5.74) is 1.07. The Morgan fingerprint density at radius 2 is 1.81 bits per heavy atom. The molecule has 2 aromatic rings. The molecule has 21 heavy (non-hydrogen) atoms. The van der Waals surface area contributed by atoms with Crippen LogP contribution in [0.4, 0.5) is 5.95 Å². The van der Waals surface area contributed by atoms with Crippen LogP contribution in [0.25, 0.3) is 0 Å². The van der Waals surface area contributed by atoms with Gasteiger partial charge in [-0.25, -0.2) is 0 Å². The molecule has 0 N–H and O–H groups in total. The second-order valence-corrected chi connectivity index (χ2v) is 5.39. The third-order valence-corrected chi connectivity index (χ3v) is 3.68. The molecule has 1 aromatic carbocycles. The first-order chi connectivity index (χ1) is 10.2. The second-order valence-electron chi connectivity index (χ2n) is 5.05. The lowest BCUT2D eigenvalue weighted by molar-refractivity contribution is 0.207. The van der Waals surface area contributed by atoms with E-state index in [4.69, 9.17) is 16.3 Å². The van der Waals surface area contributed by atoms with Crippen LogP contribution >= 0.6 is 11.6 Å². The molecule has 3 rings (SSSR count). The average Bonchev–Trinajstić information content (AvgIpc) is 3.02. The zero-order chi connectivity index (χ0) is 14.7. The fourth-order valence-corrected chi connectivity index (χ4v) is 2.53. The average molecular weight is 305 g/mol. The van der Waals surface area contributed by atoms with Crippen molar-refractivity contribution in [1.82, 2.24) is 15.0 Å². The van der Waals surface area contributed by atoms with Crippen LogP contribution in [0.15, 0.2) is 30.3 Å². The Morgan fingerprint density at radius 1 is 1.10 bits per heavy atom. The summed E-state index contributed by atoms with van der Waals surface area (Å²) < 4.78 is 5.81. The highest BCUT2D eigenvalue weighted by molar-refractivity contribution is 6.28. The molecule has 0 radical (unpaired) electrons. The summed E-state index contributed by atoms with van der Waals surface area (Å²) in [6.07, 6.45) is 2.16. The Kier molecular flexibility index (Phi) is 4.20. The number of ether oxygens (including phenoxy) is 1. The van der Waals surface area contributed by atoms with Gasteiger partial charge in [-0.2, -0.15) is 15.0 Å². The molecule has 2 heterocycles. The molecule has 0 spiro atoms. The van der Waals surface area contributed by atoms with E-state index in [2.05, 4.69) is 19.9 Å². The lowest BCUT2D eigenvalue weighted by Crippen LogP contribution is -2.21. The lowest BCUT2D eigenvalue weighted by Gasteiger charge is -2.17. The van der Waals surface area contributed by atoms with Crippen LogP contribution < -0.4 is 9.64 Å². The largest absolute Gasteiger partial charge is 0.455 e. The van der Waals surface area contributed by atoms with Crippen LogP contribution in [0.2, 0.25) is 5.28 Å². The van der Waals surface area contributed by atoms with Crippen molar-refractivity contribution >= 4 is 17.5 Å². The van der Waals surface area contributed by atoms with Crippen LogP contribution in [0.3, 0.4) is 0 Å². The molecule has 1 atom stereocenters. The molecule has 0 aliphatic carbocycles. The fourth-order valence-electron chi connectivity index (χ4n) is 2.38. The topological polar surface area (TPSA) is 51.1 Å². The van der Waals surface area contributed by atoms with E-state index in [-0.39, 0.29) is 17.4 Å². The van der Waals surface area contributed by atoms with Gasteiger partial charge in [-0.1, -0.05) is 30.3 Å². The second kappa shape index (κ2) is 6.26. The first kappa shape index (κ1) is 14.1. The summed E-state index contributed by atoms with van der Waals surface area (Å²) in [6.45, 7) is 3.87. The summed E-state index contributed by atoms with van der Waals surface area (Å²) in [7, 11) is 0. The quantitative estimate of drug-likeness (QED) is 0.867. The number of anilines is 1. The number of hydrogen-bond acceptors (Lipinski definition) is 5. The monoisotopic (exact) mass is 304 g/mol. The third kappa shape index (κ3) is 3.42. The van der Waals surface area contributed by atoms with Crippen molar-refractivity contribution in [3.05, 3.63) is 41.2 Å². The lowest BCUT2D eigenvalue weighted by atomic mass is 10.1. The summed E-state index contributed by atoms with van der Waals surface area (Å²) in [4.78, 5) is 14.7. The number of aromatic nitrogens is 3. The Bertz CT molecular complexity index is 602. The minimum atomic E-state index is -0.143. The van der Waals surface area contributed by atoms with Crippen LogP contribution in [0.1, 0.15) is 31.4 Å². The van der Waals surface area contributed by atoms with Crippen molar-refractivity contribution in [2.24, 2.45) is 0 Å². The van der Waals surface area contributed by atoms with Crippen LogP contribution in [-0.4, -0.2) is 28.0 Å². The van der Waals surface area contributed by atoms with E-state index in [0.29, 0.717) is 5.95 Å². The minimum absolute atomic E-state index is 0.143. The molecular formula is C15H17ClN4O. The van der Waals surface area contributed by atoms with E-state index >= 15 is 0 Å². The van der Waals surface area contributed by atoms with Gasteiger partial charge >= 0.3 is 6.01 Å². The van der Waals surface area contributed by atoms with Crippen molar-refractivity contribution in [2.75, 3.05) is 18.0 Å². The van der Waals surface area contributed by atoms with Crippen LogP contribution in [0, 0.1) is 0 Å². The zero-order valence-corrected chi connectivity index (χ0v) is 12.6. The normalized spacial score (nSPS) is 16.0. The maximum absolute atomic E-state index is 5.99. The Labute approximate surface area is 129 Å². The Morgan fingerprint density at radius 3 is 2.52 bits per heavy atom. The van der Waals surface area contributed by atoms with E-state index in [1.165, 1.54) is 0 Å². The van der Waals surface area contributed by atoms with E-state index in [1.54, 1.807) is 0 Å². The van der Waals surface area contributed by atoms with Crippen molar-refractivity contribution < 1.29 is 4.74 Å². The maximum Gasteiger partial charge on any atom is 0.323 e. The molecular weight excluding hydrogens is 288 g/mol. The molecule has 1 saturated heterocycles. The molecule has 1 aromatic heterocycles. The zero-order valence-electron chi connectivity index (χ0n) is 11.9. The van der Waals surface area contributed by atoms with Crippen molar-refractivity contribution in [3.63, 3.8) is 0 Å². The van der Waals surface area contributed by atoms with E-state index < -0.39 is 0 Å². The van der Waals surface area contributed by atoms with Gasteiger partial charge in [-0.3, -0.25) is 0 Å². The Hall–Kier alpha value is -1.88. The first-order valence-corrected chi connectivity index (χ1v) is 7.48. The highest BCUT2D eigenvalue weighted by Gasteiger charge is 2.18. The summed E-state index contributed by atoms with van der Waals surface area (Å²) >= 11 is 5.99.